The molecule has 0 aliphatic rings. The third-order valence-corrected chi connectivity index (χ3v) is 3.95. The topological polar surface area (TPSA) is 70.9 Å². The molecular formula is C18H16ClN3O. The number of hydrogen-bond donors (Lipinski definition) is 3. The summed E-state index contributed by atoms with van der Waals surface area (Å²) in [7, 11) is 0. The number of nitrogen functional groups attached to an aromatic ring is 1. The number of aromatic amines is 1. The van der Waals surface area contributed by atoms with Crippen molar-refractivity contribution in [2.75, 3.05) is 11.1 Å². The van der Waals surface area contributed by atoms with Crippen molar-refractivity contribution in [1.29, 1.82) is 0 Å². The maximum atomic E-state index is 12.5. The Morgan fingerprint density at radius 3 is 2.61 bits per heavy atom. The van der Waals surface area contributed by atoms with Crippen LogP contribution in [0, 0.1) is 6.92 Å². The van der Waals surface area contributed by atoms with Gasteiger partial charge in [0.25, 0.3) is 0 Å². The Balaban J connectivity index is 1.88. The minimum Gasteiger partial charge on any atom is -0.397 e. The lowest BCUT2D eigenvalue weighted by molar-refractivity contribution is 0.103. The molecule has 0 atom stereocenters. The number of hydrogen-bond acceptors (Lipinski definition) is 3. The maximum absolute atomic E-state index is 12.5. The summed E-state index contributed by atoms with van der Waals surface area (Å²) in [6.07, 6.45) is 1.74. The molecule has 0 amide bonds. The maximum Gasteiger partial charge on any atom is 0.210 e. The van der Waals surface area contributed by atoms with Crippen LogP contribution in [0.3, 0.4) is 0 Å². The summed E-state index contributed by atoms with van der Waals surface area (Å²) >= 11 is 6.29. The number of benzene rings is 2. The summed E-state index contributed by atoms with van der Waals surface area (Å²) in [6.45, 7) is 1.88. The van der Waals surface area contributed by atoms with Gasteiger partial charge in [-0.3, -0.25) is 4.79 Å². The molecule has 4 nitrogen and oxygen atoms in total. The Bertz CT molecular complexity index is 870. The molecule has 0 spiro atoms. The van der Waals surface area contributed by atoms with E-state index in [4.69, 9.17) is 17.3 Å². The highest BCUT2D eigenvalue weighted by Crippen LogP contribution is 2.28. The summed E-state index contributed by atoms with van der Waals surface area (Å²) in [4.78, 5) is 15.5. The van der Waals surface area contributed by atoms with Gasteiger partial charge in [-0.25, -0.2) is 0 Å². The molecule has 0 radical (unpaired) electrons. The molecule has 0 fully saturated rings. The van der Waals surface area contributed by atoms with E-state index in [0.717, 1.165) is 16.9 Å². The van der Waals surface area contributed by atoms with Gasteiger partial charge in [-0.1, -0.05) is 23.7 Å². The van der Waals surface area contributed by atoms with Crippen molar-refractivity contribution in [1.82, 2.24) is 4.98 Å². The van der Waals surface area contributed by atoms with E-state index in [2.05, 4.69) is 10.3 Å². The quantitative estimate of drug-likeness (QED) is 0.487. The molecule has 0 unspecified atom stereocenters. The van der Waals surface area contributed by atoms with Gasteiger partial charge in [0.05, 0.1) is 22.1 Å². The van der Waals surface area contributed by atoms with Crippen molar-refractivity contribution in [2.24, 2.45) is 0 Å². The summed E-state index contributed by atoms with van der Waals surface area (Å²) in [6, 6.07) is 14.6. The zero-order valence-corrected chi connectivity index (χ0v) is 13.3. The van der Waals surface area contributed by atoms with Crippen molar-refractivity contribution >= 4 is 34.4 Å². The fourth-order valence-corrected chi connectivity index (χ4v) is 2.64. The molecular weight excluding hydrogens is 310 g/mol. The zero-order chi connectivity index (χ0) is 16.4. The van der Waals surface area contributed by atoms with Crippen LogP contribution in [0.2, 0.25) is 5.02 Å². The molecule has 3 rings (SSSR count). The second-order valence-electron chi connectivity index (χ2n) is 5.27. The third-order valence-electron chi connectivity index (χ3n) is 3.64. The van der Waals surface area contributed by atoms with E-state index in [-0.39, 0.29) is 5.78 Å². The predicted octanol–water partition coefficient (Wildman–Crippen LogP) is 4.53. The number of carbonyl (C=O) groups excluding carboxylic acids is 1. The summed E-state index contributed by atoms with van der Waals surface area (Å²) in [5.41, 5.74) is 10.0. The third kappa shape index (κ3) is 3.07. The van der Waals surface area contributed by atoms with Crippen LogP contribution in [-0.4, -0.2) is 10.8 Å². The van der Waals surface area contributed by atoms with Crippen LogP contribution in [0.4, 0.5) is 17.1 Å². The van der Waals surface area contributed by atoms with Gasteiger partial charge in [-0.15, -0.1) is 0 Å². The number of rotatable bonds is 4. The number of halogens is 1. The monoisotopic (exact) mass is 325 g/mol. The Kier molecular flexibility index (Phi) is 4.08. The van der Waals surface area contributed by atoms with Crippen molar-refractivity contribution in [2.45, 2.75) is 6.92 Å². The Labute approximate surface area is 139 Å². The van der Waals surface area contributed by atoms with E-state index in [1.54, 1.807) is 18.3 Å². The highest BCUT2D eigenvalue weighted by atomic mass is 35.5. The average Bonchev–Trinajstić information content (AvgIpc) is 2.95. The first-order chi connectivity index (χ1) is 11.1. The van der Waals surface area contributed by atoms with Crippen LogP contribution >= 0.6 is 11.6 Å². The molecule has 5 heteroatoms. The standard InChI is InChI=1S/C18H16ClN3O/c1-11-8-9-21-17(11)18(23)13-7-6-12(10-14(13)19)22-16-5-3-2-4-15(16)20/h2-10,21-22H,20H2,1H3. The second-order valence-corrected chi connectivity index (χ2v) is 5.68. The summed E-state index contributed by atoms with van der Waals surface area (Å²) < 4.78 is 0. The van der Waals surface area contributed by atoms with Gasteiger partial charge < -0.3 is 16.0 Å². The SMILES string of the molecule is Cc1cc[nH]c1C(=O)c1ccc(Nc2ccccc2N)cc1Cl. The fourth-order valence-electron chi connectivity index (χ4n) is 2.37. The van der Waals surface area contributed by atoms with Gasteiger partial charge in [-0.05, 0) is 48.9 Å². The minimum atomic E-state index is -0.122. The normalized spacial score (nSPS) is 10.5. The lowest BCUT2D eigenvalue weighted by Crippen LogP contribution is -2.05. The number of carbonyl (C=O) groups is 1. The van der Waals surface area contributed by atoms with Crippen molar-refractivity contribution < 1.29 is 4.79 Å². The van der Waals surface area contributed by atoms with Gasteiger partial charge >= 0.3 is 0 Å². The van der Waals surface area contributed by atoms with Crippen molar-refractivity contribution in [3.8, 4) is 0 Å². The highest BCUT2D eigenvalue weighted by Gasteiger charge is 2.16. The minimum absolute atomic E-state index is 0.122. The van der Waals surface area contributed by atoms with Crippen LogP contribution in [-0.2, 0) is 0 Å². The number of nitrogens with one attached hydrogen (secondary N) is 2. The summed E-state index contributed by atoms with van der Waals surface area (Å²) in [5.74, 6) is -0.122. The number of anilines is 3. The first kappa shape index (κ1) is 15.2. The van der Waals surface area contributed by atoms with E-state index in [1.165, 1.54) is 0 Å². The van der Waals surface area contributed by atoms with Crippen LogP contribution in [0.5, 0.6) is 0 Å². The molecule has 4 N–H and O–H groups in total. The number of aromatic nitrogens is 1. The molecule has 0 saturated carbocycles. The number of aryl methyl sites for hydroxylation is 1. The average molecular weight is 326 g/mol. The molecule has 0 aliphatic carbocycles. The van der Waals surface area contributed by atoms with E-state index < -0.39 is 0 Å². The van der Waals surface area contributed by atoms with Crippen molar-refractivity contribution in [3.63, 3.8) is 0 Å². The molecule has 2 aromatic carbocycles. The van der Waals surface area contributed by atoms with Crippen LogP contribution < -0.4 is 11.1 Å². The number of ketones is 1. The molecule has 116 valence electrons. The molecule has 23 heavy (non-hydrogen) atoms. The number of para-hydroxylation sites is 2. The van der Waals surface area contributed by atoms with E-state index in [9.17, 15) is 4.79 Å². The first-order valence-corrected chi connectivity index (χ1v) is 7.54. The molecule has 3 aromatic rings. The molecule has 0 bridgehead atoms. The van der Waals surface area contributed by atoms with E-state index in [0.29, 0.717) is 22.0 Å². The molecule has 1 heterocycles. The van der Waals surface area contributed by atoms with E-state index >= 15 is 0 Å². The Morgan fingerprint density at radius 2 is 1.96 bits per heavy atom. The smallest absolute Gasteiger partial charge is 0.210 e. The van der Waals surface area contributed by atoms with E-state index in [1.807, 2.05) is 43.3 Å². The lowest BCUT2D eigenvalue weighted by Gasteiger charge is -2.11. The Morgan fingerprint density at radius 1 is 1.17 bits per heavy atom. The molecule has 1 aromatic heterocycles. The van der Waals surface area contributed by atoms with Gasteiger partial charge in [0.2, 0.25) is 5.78 Å². The first-order valence-electron chi connectivity index (χ1n) is 7.16. The largest absolute Gasteiger partial charge is 0.397 e. The van der Waals surface area contributed by atoms with Gasteiger partial charge in [-0.2, -0.15) is 0 Å². The zero-order valence-electron chi connectivity index (χ0n) is 12.6. The highest BCUT2D eigenvalue weighted by molar-refractivity contribution is 6.35. The molecule has 0 saturated heterocycles. The van der Waals surface area contributed by atoms with Gasteiger partial charge in [0.1, 0.15) is 0 Å². The summed E-state index contributed by atoms with van der Waals surface area (Å²) in [5, 5.41) is 3.59. The van der Waals surface area contributed by atoms with Crippen LogP contribution in [0.15, 0.2) is 54.7 Å². The predicted molar refractivity (Wildman–Crippen MR) is 94.6 cm³/mol. The second kappa shape index (κ2) is 6.18. The fraction of sp³-hybridized carbons (Fsp3) is 0.0556. The number of nitrogens with two attached hydrogens (primary N) is 1. The van der Waals surface area contributed by atoms with Crippen LogP contribution in [0.1, 0.15) is 21.6 Å². The van der Waals surface area contributed by atoms with Gasteiger partial charge in [0, 0.05) is 17.4 Å². The van der Waals surface area contributed by atoms with Crippen molar-refractivity contribution in [3.05, 3.63) is 76.6 Å². The van der Waals surface area contributed by atoms with Gasteiger partial charge in [0.15, 0.2) is 0 Å². The Hall–Kier alpha value is -2.72. The lowest BCUT2D eigenvalue weighted by atomic mass is 10.1. The van der Waals surface area contributed by atoms with Crippen LogP contribution in [0.25, 0.3) is 0 Å². The number of H-pyrrole nitrogens is 1. The molecule has 0 aliphatic heterocycles.